The standard InChI is InChI=1S/C15H31NO5/c1-2-3-4-5-6-7-11-21-12-10-16(13-17,14-18)9-8-15(19)20/h17-18H,2-14H2,1H3/p+1. The number of unbranched alkanes of at least 4 members (excludes halogenated alkanes) is 5. The molecule has 0 aromatic heterocycles. The van der Waals surface area contributed by atoms with Crippen LogP contribution in [0, 0.1) is 0 Å². The number of carbonyl (C=O) groups is 1. The van der Waals surface area contributed by atoms with E-state index in [1.165, 1.54) is 32.1 Å². The number of rotatable bonds is 15. The van der Waals surface area contributed by atoms with Crippen LogP contribution in [0.5, 0.6) is 0 Å². The number of aliphatic hydroxyl groups is 2. The molecule has 0 fully saturated rings. The zero-order valence-electron chi connectivity index (χ0n) is 13.3. The molecule has 0 atom stereocenters. The first-order chi connectivity index (χ1) is 10.1. The van der Waals surface area contributed by atoms with Crippen molar-refractivity contribution in [3.8, 4) is 0 Å². The maximum Gasteiger partial charge on any atom is 0.309 e. The minimum atomic E-state index is -0.924. The highest BCUT2D eigenvalue weighted by atomic mass is 16.5. The first-order valence-corrected chi connectivity index (χ1v) is 7.96. The summed E-state index contributed by atoms with van der Waals surface area (Å²) in [5, 5.41) is 27.4. The molecule has 6 heteroatoms. The maximum absolute atomic E-state index is 10.6. The highest BCUT2D eigenvalue weighted by Gasteiger charge is 2.26. The van der Waals surface area contributed by atoms with Crippen molar-refractivity contribution in [3.63, 3.8) is 0 Å². The van der Waals surface area contributed by atoms with Gasteiger partial charge in [-0.2, -0.15) is 0 Å². The highest BCUT2D eigenvalue weighted by molar-refractivity contribution is 5.66. The summed E-state index contributed by atoms with van der Waals surface area (Å²) in [7, 11) is 0. The number of aliphatic carboxylic acids is 1. The lowest BCUT2D eigenvalue weighted by Gasteiger charge is -2.33. The Balaban J connectivity index is 3.71. The Morgan fingerprint density at radius 1 is 0.952 bits per heavy atom. The molecular weight excluding hydrogens is 274 g/mol. The average molecular weight is 306 g/mol. The molecule has 0 heterocycles. The van der Waals surface area contributed by atoms with Gasteiger partial charge in [0.25, 0.3) is 0 Å². The third kappa shape index (κ3) is 10.6. The van der Waals surface area contributed by atoms with Crippen LogP contribution >= 0.6 is 0 Å². The second-order valence-corrected chi connectivity index (χ2v) is 5.60. The van der Waals surface area contributed by atoms with Crippen LogP contribution in [0.3, 0.4) is 0 Å². The van der Waals surface area contributed by atoms with E-state index in [9.17, 15) is 15.0 Å². The fourth-order valence-corrected chi connectivity index (χ4v) is 2.12. The predicted octanol–water partition coefficient (Wildman–Crippen LogP) is 1.55. The average Bonchev–Trinajstić information content (AvgIpc) is 2.49. The van der Waals surface area contributed by atoms with E-state index >= 15 is 0 Å². The fraction of sp³-hybridized carbons (Fsp3) is 0.933. The molecule has 3 N–H and O–H groups in total. The van der Waals surface area contributed by atoms with E-state index < -0.39 is 5.97 Å². The van der Waals surface area contributed by atoms with E-state index in [4.69, 9.17) is 9.84 Å². The van der Waals surface area contributed by atoms with E-state index in [1.54, 1.807) is 0 Å². The Bertz CT molecular complexity index is 256. The number of carboxylic acid groups (broad SMARTS) is 1. The molecular formula is C15H32NO5+. The van der Waals surface area contributed by atoms with Gasteiger partial charge in [0, 0.05) is 6.61 Å². The lowest BCUT2D eigenvalue weighted by molar-refractivity contribution is -0.961. The summed E-state index contributed by atoms with van der Waals surface area (Å²) in [5.41, 5.74) is 0. The first-order valence-electron chi connectivity index (χ1n) is 7.96. The number of aliphatic hydroxyl groups excluding tert-OH is 2. The van der Waals surface area contributed by atoms with Gasteiger partial charge < -0.3 is 20.1 Å². The van der Waals surface area contributed by atoms with E-state index in [2.05, 4.69) is 6.92 Å². The fourth-order valence-electron chi connectivity index (χ4n) is 2.12. The molecule has 0 saturated heterocycles. The lowest BCUT2D eigenvalue weighted by Crippen LogP contribution is -2.52. The van der Waals surface area contributed by atoms with Crippen LogP contribution < -0.4 is 0 Å². The number of hydrogen-bond acceptors (Lipinski definition) is 4. The molecule has 6 nitrogen and oxygen atoms in total. The van der Waals surface area contributed by atoms with Gasteiger partial charge in [0.05, 0.1) is 19.6 Å². The van der Waals surface area contributed by atoms with Gasteiger partial charge in [0.2, 0.25) is 0 Å². The molecule has 0 aromatic rings. The highest BCUT2D eigenvalue weighted by Crippen LogP contribution is 2.07. The minimum Gasteiger partial charge on any atom is -0.481 e. The van der Waals surface area contributed by atoms with Gasteiger partial charge in [0.1, 0.15) is 6.54 Å². The molecule has 0 unspecified atom stereocenters. The smallest absolute Gasteiger partial charge is 0.309 e. The van der Waals surface area contributed by atoms with Crippen LogP contribution in [0.25, 0.3) is 0 Å². The van der Waals surface area contributed by atoms with Crippen LogP contribution in [-0.2, 0) is 9.53 Å². The van der Waals surface area contributed by atoms with Gasteiger partial charge in [-0.15, -0.1) is 0 Å². The zero-order valence-corrected chi connectivity index (χ0v) is 13.3. The third-order valence-electron chi connectivity index (χ3n) is 3.75. The van der Waals surface area contributed by atoms with E-state index in [1.807, 2.05) is 0 Å². The maximum atomic E-state index is 10.6. The SMILES string of the molecule is CCCCCCCCOCC[N+](CO)(CO)CCC(=O)O. The van der Waals surface area contributed by atoms with Crippen LogP contribution in [-0.4, -0.2) is 65.5 Å². The van der Waals surface area contributed by atoms with Gasteiger partial charge in [0.15, 0.2) is 13.5 Å². The topological polar surface area (TPSA) is 87.0 Å². The van der Waals surface area contributed by atoms with E-state index in [-0.39, 0.29) is 30.9 Å². The van der Waals surface area contributed by atoms with Crippen LogP contribution in [0.15, 0.2) is 0 Å². The molecule has 0 rings (SSSR count). The molecule has 0 aliphatic rings. The molecule has 0 aromatic carbocycles. The summed E-state index contributed by atoms with van der Waals surface area (Å²) in [6.07, 6.45) is 7.17. The van der Waals surface area contributed by atoms with Crippen molar-refractivity contribution in [2.75, 3.05) is 39.8 Å². The molecule has 0 saturated carbocycles. The van der Waals surface area contributed by atoms with Crippen molar-refractivity contribution in [1.29, 1.82) is 0 Å². The van der Waals surface area contributed by atoms with Crippen molar-refractivity contribution >= 4 is 5.97 Å². The number of quaternary nitrogens is 1. The quantitative estimate of drug-likeness (QED) is 0.243. The molecule has 0 amide bonds. The zero-order chi connectivity index (χ0) is 16.0. The van der Waals surface area contributed by atoms with Crippen molar-refractivity contribution < 1.29 is 29.3 Å². The molecule has 0 aliphatic carbocycles. The summed E-state index contributed by atoms with van der Waals surface area (Å²) in [4.78, 5) is 10.6. The van der Waals surface area contributed by atoms with Crippen LogP contribution in [0.1, 0.15) is 51.9 Å². The second kappa shape index (κ2) is 13.0. The summed E-state index contributed by atoms with van der Waals surface area (Å²) in [5.74, 6) is -0.924. The van der Waals surface area contributed by atoms with Crippen LogP contribution in [0.4, 0.5) is 0 Å². The van der Waals surface area contributed by atoms with Crippen molar-refractivity contribution in [2.45, 2.75) is 51.9 Å². The van der Waals surface area contributed by atoms with E-state index in [0.717, 1.165) is 6.42 Å². The Morgan fingerprint density at radius 3 is 2.14 bits per heavy atom. The van der Waals surface area contributed by atoms with Crippen molar-refractivity contribution in [1.82, 2.24) is 0 Å². The Labute approximate surface area is 127 Å². The number of nitrogens with zero attached hydrogens (tertiary/aromatic N) is 1. The molecule has 126 valence electrons. The second-order valence-electron chi connectivity index (χ2n) is 5.60. The van der Waals surface area contributed by atoms with Gasteiger partial charge in [-0.25, -0.2) is 0 Å². The largest absolute Gasteiger partial charge is 0.481 e. The third-order valence-corrected chi connectivity index (χ3v) is 3.75. The predicted molar refractivity (Wildman–Crippen MR) is 80.6 cm³/mol. The van der Waals surface area contributed by atoms with Crippen molar-refractivity contribution in [2.24, 2.45) is 0 Å². The molecule has 0 bridgehead atoms. The Hall–Kier alpha value is -0.690. The van der Waals surface area contributed by atoms with Gasteiger partial charge in [-0.1, -0.05) is 39.0 Å². The first kappa shape index (κ1) is 20.3. The monoisotopic (exact) mass is 306 g/mol. The van der Waals surface area contributed by atoms with Crippen molar-refractivity contribution in [3.05, 3.63) is 0 Å². The summed E-state index contributed by atoms with van der Waals surface area (Å²) in [6.45, 7) is 3.39. The molecule has 21 heavy (non-hydrogen) atoms. The lowest BCUT2D eigenvalue weighted by atomic mass is 10.1. The molecule has 0 aliphatic heterocycles. The summed E-state index contributed by atoms with van der Waals surface area (Å²) in [6, 6.07) is 0. The molecule has 0 radical (unpaired) electrons. The molecule has 0 spiro atoms. The summed E-state index contributed by atoms with van der Waals surface area (Å²) >= 11 is 0. The Morgan fingerprint density at radius 2 is 1.57 bits per heavy atom. The summed E-state index contributed by atoms with van der Waals surface area (Å²) < 4.78 is 5.48. The van der Waals surface area contributed by atoms with Gasteiger partial charge >= 0.3 is 5.97 Å². The van der Waals surface area contributed by atoms with E-state index in [0.29, 0.717) is 19.8 Å². The van der Waals surface area contributed by atoms with Gasteiger partial charge in [-0.05, 0) is 6.42 Å². The van der Waals surface area contributed by atoms with Gasteiger partial charge in [-0.3, -0.25) is 9.28 Å². The number of carboxylic acids is 1. The Kier molecular flexibility index (Phi) is 12.6. The van der Waals surface area contributed by atoms with Crippen LogP contribution in [0.2, 0.25) is 0 Å². The number of hydrogen-bond donors (Lipinski definition) is 3. The normalized spacial score (nSPS) is 11.8. The minimum absolute atomic E-state index is 0.0389. The number of ether oxygens (including phenoxy) is 1.